The first-order chi connectivity index (χ1) is 18.0. The van der Waals surface area contributed by atoms with E-state index >= 15 is 0 Å². The number of hydrogen-bond acceptors (Lipinski definition) is 6. The minimum absolute atomic E-state index is 0.107. The quantitative estimate of drug-likeness (QED) is 0.255. The maximum atomic E-state index is 13.8. The number of nitrogens with zero attached hydrogens (tertiary/aromatic N) is 2. The number of carbonyl (C=O) groups excluding carboxylic acids is 1. The van der Waals surface area contributed by atoms with Crippen molar-refractivity contribution in [1.82, 2.24) is 19.9 Å². The van der Waals surface area contributed by atoms with E-state index in [0.717, 1.165) is 33.3 Å². The maximum Gasteiger partial charge on any atom is 0.283 e. The van der Waals surface area contributed by atoms with Crippen LogP contribution in [-0.4, -0.2) is 33.0 Å². The van der Waals surface area contributed by atoms with E-state index in [0.29, 0.717) is 34.2 Å². The van der Waals surface area contributed by atoms with Crippen molar-refractivity contribution in [3.63, 3.8) is 0 Å². The third kappa shape index (κ3) is 4.31. The van der Waals surface area contributed by atoms with Crippen LogP contribution in [0.3, 0.4) is 0 Å². The van der Waals surface area contributed by atoms with Crippen molar-refractivity contribution < 1.29 is 14.3 Å². The molecule has 0 fully saturated rings. The van der Waals surface area contributed by atoms with E-state index in [1.807, 2.05) is 74.5 Å². The molecule has 0 atom stereocenters. The van der Waals surface area contributed by atoms with Gasteiger partial charge in [-0.25, -0.2) is 4.98 Å². The summed E-state index contributed by atoms with van der Waals surface area (Å²) in [7, 11) is 0. The molecule has 6 rings (SSSR count). The van der Waals surface area contributed by atoms with Gasteiger partial charge in [-0.2, -0.15) is 0 Å². The maximum absolute atomic E-state index is 13.8. The summed E-state index contributed by atoms with van der Waals surface area (Å²) >= 11 is 1.24. The molecule has 2 N–H and O–H groups in total. The number of thioether (sulfide) groups is 1. The van der Waals surface area contributed by atoms with Crippen LogP contribution in [-0.2, 0) is 11.3 Å². The average Bonchev–Trinajstić information content (AvgIpc) is 3.52. The molecule has 37 heavy (non-hydrogen) atoms. The van der Waals surface area contributed by atoms with Gasteiger partial charge in [0.15, 0.2) is 16.7 Å². The van der Waals surface area contributed by atoms with Gasteiger partial charge in [0.1, 0.15) is 11.0 Å². The summed E-state index contributed by atoms with van der Waals surface area (Å²) < 4.78 is 12.4. The van der Waals surface area contributed by atoms with Crippen LogP contribution in [0.5, 0.6) is 11.5 Å². The number of aromatic amines is 1. The lowest BCUT2D eigenvalue weighted by Crippen LogP contribution is -2.26. The number of hydrogen-bond donors (Lipinski definition) is 2. The van der Waals surface area contributed by atoms with Gasteiger partial charge >= 0.3 is 0 Å². The lowest BCUT2D eigenvalue weighted by molar-refractivity contribution is -0.118. The molecule has 1 aliphatic rings. The Labute approximate surface area is 216 Å². The minimum Gasteiger partial charge on any atom is -0.454 e. The molecule has 0 unspecified atom stereocenters. The molecule has 0 saturated heterocycles. The van der Waals surface area contributed by atoms with Crippen LogP contribution >= 0.6 is 11.8 Å². The van der Waals surface area contributed by atoms with Crippen molar-refractivity contribution in [3.8, 4) is 17.2 Å². The van der Waals surface area contributed by atoms with Crippen molar-refractivity contribution in [2.75, 3.05) is 12.5 Å². The lowest BCUT2D eigenvalue weighted by atomic mass is 10.1. The zero-order valence-corrected chi connectivity index (χ0v) is 21.1. The predicted molar refractivity (Wildman–Crippen MR) is 144 cm³/mol. The van der Waals surface area contributed by atoms with Crippen LogP contribution in [0.4, 0.5) is 0 Å². The number of ether oxygens (including phenoxy) is 2. The fourth-order valence-electron chi connectivity index (χ4n) is 4.44. The van der Waals surface area contributed by atoms with Crippen LogP contribution in [0.15, 0.2) is 70.6 Å². The number of H-pyrrole nitrogens is 1. The Hall–Kier alpha value is -4.24. The summed E-state index contributed by atoms with van der Waals surface area (Å²) in [5.74, 6) is 1.32. The van der Waals surface area contributed by atoms with Crippen molar-refractivity contribution >= 4 is 39.6 Å². The zero-order chi connectivity index (χ0) is 25.5. The number of aryl methyl sites for hydroxylation is 2. The fourth-order valence-corrected chi connectivity index (χ4v) is 5.27. The molecule has 0 radical (unpaired) electrons. The molecule has 1 aliphatic heterocycles. The first-order valence-electron chi connectivity index (χ1n) is 11.9. The van der Waals surface area contributed by atoms with Crippen molar-refractivity contribution in [1.29, 1.82) is 0 Å². The summed E-state index contributed by atoms with van der Waals surface area (Å²) in [4.78, 5) is 34.7. The summed E-state index contributed by atoms with van der Waals surface area (Å²) in [5.41, 5.74) is 5.33. The van der Waals surface area contributed by atoms with Crippen LogP contribution in [0.25, 0.3) is 27.6 Å². The Kier molecular flexibility index (Phi) is 5.84. The van der Waals surface area contributed by atoms with E-state index in [1.54, 1.807) is 4.57 Å². The molecule has 3 heterocycles. The Morgan fingerprint density at radius 3 is 2.81 bits per heavy atom. The smallest absolute Gasteiger partial charge is 0.283 e. The first-order valence-corrected chi connectivity index (χ1v) is 12.9. The molecular formula is C28H24N4O4S. The number of benzene rings is 3. The van der Waals surface area contributed by atoms with Crippen LogP contribution < -0.4 is 20.3 Å². The van der Waals surface area contributed by atoms with Gasteiger partial charge in [0.2, 0.25) is 12.7 Å². The highest BCUT2D eigenvalue weighted by molar-refractivity contribution is 7.99. The average molecular weight is 513 g/mol. The zero-order valence-electron chi connectivity index (χ0n) is 20.3. The van der Waals surface area contributed by atoms with E-state index in [-0.39, 0.29) is 24.0 Å². The number of amides is 1. The third-order valence-electron chi connectivity index (χ3n) is 6.36. The number of aromatic nitrogens is 3. The summed E-state index contributed by atoms with van der Waals surface area (Å²) in [6, 6.07) is 19.3. The molecule has 1 amide bonds. The van der Waals surface area contributed by atoms with E-state index in [2.05, 4.69) is 10.3 Å². The number of nitrogens with one attached hydrogen (secondary N) is 2. The number of para-hydroxylation sites is 1. The van der Waals surface area contributed by atoms with Crippen molar-refractivity contribution in [3.05, 3.63) is 87.7 Å². The Balaban J connectivity index is 1.32. The molecule has 186 valence electrons. The normalized spacial score (nSPS) is 12.4. The lowest BCUT2D eigenvalue weighted by Gasteiger charge is -2.15. The Morgan fingerprint density at radius 2 is 1.92 bits per heavy atom. The Bertz CT molecular complexity index is 1740. The van der Waals surface area contributed by atoms with Crippen LogP contribution in [0.1, 0.15) is 16.7 Å². The van der Waals surface area contributed by atoms with Gasteiger partial charge in [0.05, 0.1) is 11.4 Å². The van der Waals surface area contributed by atoms with Gasteiger partial charge in [-0.3, -0.25) is 14.2 Å². The monoisotopic (exact) mass is 512 g/mol. The van der Waals surface area contributed by atoms with E-state index in [9.17, 15) is 9.59 Å². The molecule has 0 saturated carbocycles. The molecule has 0 spiro atoms. The molecule has 8 nitrogen and oxygen atoms in total. The number of fused-ring (bicyclic) bond motifs is 4. The summed E-state index contributed by atoms with van der Waals surface area (Å²) in [6.45, 7) is 4.51. The van der Waals surface area contributed by atoms with Gasteiger partial charge in [0, 0.05) is 17.4 Å². The van der Waals surface area contributed by atoms with E-state index in [1.165, 1.54) is 11.8 Å². The molecule has 3 aromatic carbocycles. The highest BCUT2D eigenvalue weighted by Gasteiger charge is 2.19. The molecule has 0 aliphatic carbocycles. The second kappa shape index (κ2) is 9.33. The topological polar surface area (TPSA) is 98.2 Å². The van der Waals surface area contributed by atoms with Crippen molar-refractivity contribution in [2.24, 2.45) is 0 Å². The van der Waals surface area contributed by atoms with Gasteiger partial charge < -0.3 is 19.8 Å². The Morgan fingerprint density at radius 1 is 1.08 bits per heavy atom. The van der Waals surface area contributed by atoms with Gasteiger partial charge in [0.25, 0.3) is 5.56 Å². The van der Waals surface area contributed by atoms with Crippen LogP contribution in [0.2, 0.25) is 0 Å². The molecule has 5 aromatic rings. The fraction of sp³-hybridized carbons (Fsp3) is 0.179. The molecular weight excluding hydrogens is 488 g/mol. The summed E-state index contributed by atoms with van der Waals surface area (Å²) in [5, 5.41) is 4.28. The van der Waals surface area contributed by atoms with Crippen LogP contribution in [0, 0.1) is 13.8 Å². The summed E-state index contributed by atoms with van der Waals surface area (Å²) in [6.07, 6.45) is 0. The molecule has 9 heteroatoms. The SMILES string of the molecule is Cc1ccc(C)c(-n2c(SCC(=O)NCc3ccc4c(c3)OCO4)nc3c([nH]c4ccccc43)c2=O)c1. The van der Waals surface area contributed by atoms with Gasteiger partial charge in [-0.05, 0) is 54.8 Å². The minimum atomic E-state index is -0.196. The number of carbonyl (C=O) groups is 1. The second-order valence-corrected chi connectivity index (χ2v) is 9.91. The van der Waals surface area contributed by atoms with Crippen molar-refractivity contribution in [2.45, 2.75) is 25.5 Å². The van der Waals surface area contributed by atoms with E-state index in [4.69, 9.17) is 14.5 Å². The second-order valence-electron chi connectivity index (χ2n) is 8.97. The highest BCUT2D eigenvalue weighted by Crippen LogP contribution is 2.32. The van der Waals surface area contributed by atoms with E-state index < -0.39 is 0 Å². The predicted octanol–water partition coefficient (Wildman–Crippen LogP) is 4.62. The van der Waals surface area contributed by atoms with Gasteiger partial charge in [-0.15, -0.1) is 0 Å². The standard InChI is InChI=1S/C28H24N4O4S/c1-16-7-8-17(2)21(11-16)32-27(34)26-25(19-5-3-4-6-20(19)30-26)31-28(32)37-14-24(33)29-13-18-9-10-22-23(12-18)36-15-35-22/h3-12,30H,13-15H2,1-2H3,(H,29,33). The van der Waals surface area contributed by atoms with Gasteiger partial charge in [-0.1, -0.05) is 48.2 Å². The molecule has 0 bridgehead atoms. The number of rotatable bonds is 6. The third-order valence-corrected chi connectivity index (χ3v) is 7.30. The first kappa shape index (κ1) is 23.2. The molecule has 2 aromatic heterocycles. The largest absolute Gasteiger partial charge is 0.454 e. The highest BCUT2D eigenvalue weighted by atomic mass is 32.2.